The largest absolute Gasteiger partial charge is 0.357 e. The van der Waals surface area contributed by atoms with E-state index in [0.717, 1.165) is 37.4 Å². The van der Waals surface area contributed by atoms with Crippen molar-refractivity contribution in [2.45, 2.75) is 46.5 Å². The second-order valence-corrected chi connectivity index (χ2v) is 4.88. The van der Waals surface area contributed by atoms with E-state index in [0.29, 0.717) is 0 Å². The van der Waals surface area contributed by atoms with Crippen LogP contribution in [0.4, 0.5) is 0 Å². The Labute approximate surface area is 100 Å². The maximum atomic E-state index is 4.65. The summed E-state index contributed by atoms with van der Waals surface area (Å²) in [5.41, 5.74) is 0. The summed E-state index contributed by atoms with van der Waals surface area (Å²) in [4.78, 5) is 4.65. The summed E-state index contributed by atoms with van der Waals surface area (Å²) < 4.78 is 0. The van der Waals surface area contributed by atoms with Gasteiger partial charge in [0.25, 0.3) is 0 Å². The first-order valence-electron chi connectivity index (χ1n) is 6.78. The number of nitrogens with zero attached hydrogens (tertiary/aromatic N) is 1. The molecule has 0 unspecified atom stereocenters. The Morgan fingerprint density at radius 1 is 1.06 bits per heavy atom. The highest BCUT2D eigenvalue weighted by Crippen LogP contribution is 2.28. The molecule has 0 aliphatic heterocycles. The van der Waals surface area contributed by atoms with Crippen LogP contribution in [-0.2, 0) is 0 Å². The first kappa shape index (κ1) is 13.3. The maximum Gasteiger partial charge on any atom is 0.191 e. The molecule has 3 nitrogen and oxygen atoms in total. The molecule has 0 amide bonds. The van der Waals surface area contributed by atoms with Crippen molar-refractivity contribution in [1.29, 1.82) is 0 Å². The molecule has 0 bridgehead atoms. The van der Waals surface area contributed by atoms with Gasteiger partial charge in [-0.05, 0) is 38.5 Å². The van der Waals surface area contributed by atoms with Crippen LogP contribution in [0.15, 0.2) is 4.99 Å². The van der Waals surface area contributed by atoms with E-state index in [1.165, 1.54) is 25.7 Å². The van der Waals surface area contributed by atoms with Crippen LogP contribution < -0.4 is 10.6 Å². The fourth-order valence-corrected chi connectivity index (χ4v) is 2.24. The number of hydrogen-bond donors (Lipinski definition) is 2. The second kappa shape index (κ2) is 7.53. The first-order valence-corrected chi connectivity index (χ1v) is 6.78. The molecule has 0 aromatic rings. The van der Waals surface area contributed by atoms with E-state index in [1.807, 2.05) is 0 Å². The summed E-state index contributed by atoms with van der Waals surface area (Å²) in [5.74, 6) is 2.72. The summed E-state index contributed by atoms with van der Waals surface area (Å²) in [6, 6.07) is 0. The van der Waals surface area contributed by atoms with Gasteiger partial charge >= 0.3 is 0 Å². The third-order valence-corrected chi connectivity index (χ3v) is 3.33. The average molecular weight is 225 g/mol. The summed E-state index contributed by atoms with van der Waals surface area (Å²) in [7, 11) is 0. The molecule has 0 atom stereocenters. The van der Waals surface area contributed by atoms with Crippen LogP contribution in [0.1, 0.15) is 46.5 Å². The molecule has 1 aliphatic rings. The molecule has 1 aliphatic carbocycles. The molecule has 2 N–H and O–H groups in total. The van der Waals surface area contributed by atoms with E-state index in [1.54, 1.807) is 0 Å². The van der Waals surface area contributed by atoms with Gasteiger partial charge in [0, 0.05) is 19.6 Å². The van der Waals surface area contributed by atoms with Crippen LogP contribution >= 0.6 is 0 Å². The Morgan fingerprint density at radius 2 is 1.62 bits per heavy atom. The highest BCUT2D eigenvalue weighted by Gasteiger charge is 2.17. The van der Waals surface area contributed by atoms with Crippen molar-refractivity contribution in [2.24, 2.45) is 16.8 Å². The molecule has 0 saturated heterocycles. The zero-order valence-electron chi connectivity index (χ0n) is 11.1. The highest BCUT2D eigenvalue weighted by atomic mass is 15.2. The van der Waals surface area contributed by atoms with Gasteiger partial charge in [-0.2, -0.15) is 0 Å². The molecule has 0 aromatic carbocycles. The summed E-state index contributed by atoms with van der Waals surface area (Å²) in [6.45, 7) is 9.44. The van der Waals surface area contributed by atoms with Gasteiger partial charge in [0.1, 0.15) is 0 Å². The molecule has 0 aromatic heterocycles. The lowest BCUT2D eigenvalue weighted by molar-refractivity contribution is 0.296. The van der Waals surface area contributed by atoms with Crippen molar-refractivity contribution in [1.82, 2.24) is 10.6 Å². The summed E-state index contributed by atoms with van der Waals surface area (Å²) in [5, 5.41) is 6.54. The number of guanidine groups is 1. The minimum atomic E-state index is 0.809. The zero-order valence-corrected chi connectivity index (χ0v) is 11.1. The molecule has 1 rings (SSSR count). The van der Waals surface area contributed by atoms with Gasteiger partial charge in [0.05, 0.1) is 0 Å². The molecule has 16 heavy (non-hydrogen) atoms. The first-order chi connectivity index (χ1) is 7.76. The van der Waals surface area contributed by atoms with Crippen molar-refractivity contribution in [3.05, 3.63) is 0 Å². The van der Waals surface area contributed by atoms with Crippen molar-refractivity contribution in [3.63, 3.8) is 0 Å². The average Bonchev–Trinajstić information content (AvgIpc) is 2.29. The van der Waals surface area contributed by atoms with Gasteiger partial charge in [0.2, 0.25) is 0 Å². The molecule has 94 valence electrons. The Kier molecular flexibility index (Phi) is 6.27. The quantitative estimate of drug-likeness (QED) is 0.569. The minimum absolute atomic E-state index is 0.809. The maximum absolute atomic E-state index is 4.65. The fourth-order valence-electron chi connectivity index (χ4n) is 2.24. The highest BCUT2D eigenvalue weighted by molar-refractivity contribution is 5.79. The topological polar surface area (TPSA) is 36.4 Å². The molecular formula is C13H27N3. The molecule has 0 spiro atoms. The molecule has 1 saturated carbocycles. The van der Waals surface area contributed by atoms with Crippen molar-refractivity contribution in [3.8, 4) is 0 Å². The van der Waals surface area contributed by atoms with Crippen LogP contribution in [0.3, 0.4) is 0 Å². The van der Waals surface area contributed by atoms with E-state index in [4.69, 9.17) is 0 Å². The van der Waals surface area contributed by atoms with Gasteiger partial charge in [0.15, 0.2) is 5.96 Å². The van der Waals surface area contributed by atoms with Gasteiger partial charge in [-0.15, -0.1) is 0 Å². The Balaban J connectivity index is 2.31. The van der Waals surface area contributed by atoms with Crippen LogP contribution in [0.5, 0.6) is 0 Å². The van der Waals surface area contributed by atoms with Gasteiger partial charge in [-0.1, -0.05) is 19.8 Å². The van der Waals surface area contributed by atoms with Gasteiger partial charge in [-0.3, -0.25) is 4.99 Å². The molecular weight excluding hydrogens is 198 g/mol. The van der Waals surface area contributed by atoms with Crippen molar-refractivity contribution >= 4 is 5.96 Å². The molecule has 3 heteroatoms. The van der Waals surface area contributed by atoms with E-state index >= 15 is 0 Å². The smallest absolute Gasteiger partial charge is 0.191 e. The number of aliphatic imine (C=N–C) groups is 1. The summed E-state index contributed by atoms with van der Waals surface area (Å²) >= 11 is 0. The number of rotatable bonds is 4. The van der Waals surface area contributed by atoms with Gasteiger partial charge in [-0.25, -0.2) is 0 Å². The SMILES string of the molecule is CCNC(=NCC1CCC(C)CC1)NCC. The van der Waals surface area contributed by atoms with Crippen LogP contribution in [0.25, 0.3) is 0 Å². The third kappa shape index (κ3) is 4.86. The Bertz CT molecular complexity index is 197. The van der Waals surface area contributed by atoms with E-state index in [-0.39, 0.29) is 0 Å². The monoisotopic (exact) mass is 225 g/mol. The van der Waals surface area contributed by atoms with Crippen LogP contribution in [-0.4, -0.2) is 25.6 Å². The normalized spacial score (nSPS) is 24.9. The Hall–Kier alpha value is -0.730. The van der Waals surface area contributed by atoms with Gasteiger partial charge < -0.3 is 10.6 Å². The third-order valence-electron chi connectivity index (χ3n) is 3.33. The van der Waals surface area contributed by atoms with Crippen molar-refractivity contribution in [2.75, 3.05) is 19.6 Å². The predicted octanol–water partition coefficient (Wildman–Crippen LogP) is 2.39. The van der Waals surface area contributed by atoms with Crippen LogP contribution in [0.2, 0.25) is 0 Å². The van der Waals surface area contributed by atoms with Crippen LogP contribution in [0, 0.1) is 11.8 Å². The minimum Gasteiger partial charge on any atom is -0.357 e. The fraction of sp³-hybridized carbons (Fsp3) is 0.923. The lowest BCUT2D eigenvalue weighted by Crippen LogP contribution is -2.37. The van der Waals surface area contributed by atoms with E-state index < -0.39 is 0 Å². The Morgan fingerprint density at radius 3 is 2.12 bits per heavy atom. The van der Waals surface area contributed by atoms with E-state index in [2.05, 4.69) is 36.4 Å². The number of nitrogens with one attached hydrogen (secondary N) is 2. The number of hydrogen-bond acceptors (Lipinski definition) is 1. The predicted molar refractivity (Wildman–Crippen MR) is 70.8 cm³/mol. The van der Waals surface area contributed by atoms with E-state index in [9.17, 15) is 0 Å². The summed E-state index contributed by atoms with van der Waals surface area (Å²) in [6.07, 6.45) is 5.49. The zero-order chi connectivity index (χ0) is 11.8. The van der Waals surface area contributed by atoms with Crippen molar-refractivity contribution < 1.29 is 0 Å². The lowest BCUT2D eigenvalue weighted by Gasteiger charge is -2.25. The molecule has 0 radical (unpaired) electrons. The standard InChI is InChI=1S/C13H27N3/c1-4-14-13(15-5-2)16-10-12-8-6-11(3)7-9-12/h11-12H,4-10H2,1-3H3,(H2,14,15,16). The lowest BCUT2D eigenvalue weighted by atomic mass is 9.83. The molecule has 1 fully saturated rings. The molecule has 0 heterocycles. The second-order valence-electron chi connectivity index (χ2n) is 4.88.